The van der Waals surface area contributed by atoms with Crippen LogP contribution in [0.4, 0.5) is 0 Å². The lowest BCUT2D eigenvalue weighted by Gasteiger charge is -2.17. The molecule has 0 saturated carbocycles. The molecule has 2 rings (SSSR count). The van der Waals surface area contributed by atoms with Gasteiger partial charge in [0.2, 0.25) is 10.0 Å². The van der Waals surface area contributed by atoms with E-state index in [1.165, 1.54) is 18.6 Å². The van der Waals surface area contributed by atoms with Gasteiger partial charge in [-0.05, 0) is 24.5 Å². The number of carboxylic acids is 1. The Kier molecular flexibility index (Phi) is 6.90. The Labute approximate surface area is 155 Å². The van der Waals surface area contributed by atoms with Crippen LogP contribution >= 0.6 is 11.3 Å². The van der Waals surface area contributed by atoms with E-state index >= 15 is 0 Å². The second-order valence-electron chi connectivity index (χ2n) is 5.59. The molecule has 1 aromatic carbocycles. The Morgan fingerprint density at radius 3 is 2.58 bits per heavy atom. The predicted octanol–water partition coefficient (Wildman–Crippen LogP) is 2.29. The highest BCUT2D eigenvalue weighted by Crippen LogP contribution is 2.22. The minimum Gasteiger partial charge on any atom is -0.481 e. The Morgan fingerprint density at radius 2 is 1.96 bits per heavy atom. The Bertz CT molecular complexity index is 860. The summed E-state index contributed by atoms with van der Waals surface area (Å²) in [6.07, 6.45) is 0.360. The highest BCUT2D eigenvalue weighted by atomic mass is 32.2. The molecule has 9 heteroatoms. The summed E-state index contributed by atoms with van der Waals surface area (Å²) >= 11 is 0.905. The molecular weight excluding hydrogens is 378 g/mol. The van der Waals surface area contributed by atoms with Crippen LogP contribution in [0.25, 0.3) is 0 Å². The van der Waals surface area contributed by atoms with Gasteiger partial charge >= 0.3 is 11.9 Å². The van der Waals surface area contributed by atoms with Crippen LogP contribution < -0.4 is 4.72 Å². The summed E-state index contributed by atoms with van der Waals surface area (Å²) in [6, 6.07) is 9.88. The maximum Gasteiger partial charge on any atom is 0.338 e. The molecule has 2 aromatic rings. The third-order valence-electron chi connectivity index (χ3n) is 3.61. The molecule has 1 aromatic heterocycles. The molecule has 1 atom stereocenters. The number of carbonyl (C=O) groups excluding carboxylic acids is 1. The van der Waals surface area contributed by atoms with E-state index in [0.717, 1.165) is 16.9 Å². The van der Waals surface area contributed by atoms with Gasteiger partial charge < -0.3 is 9.84 Å². The van der Waals surface area contributed by atoms with Crippen LogP contribution in [-0.4, -0.2) is 38.6 Å². The van der Waals surface area contributed by atoms with Crippen molar-refractivity contribution in [2.75, 3.05) is 7.11 Å². The standard InChI is InChI=1S/C17H19NO6S2/c1-24-17(21)13-10-16(25-11-13)26(22,23)18-14(7-8-15(19)20)9-12-5-3-2-4-6-12/h2-6,10-11,14,18H,7-9H2,1H3,(H,19,20). The lowest BCUT2D eigenvalue weighted by Crippen LogP contribution is -2.36. The largest absolute Gasteiger partial charge is 0.481 e. The molecule has 2 N–H and O–H groups in total. The maximum atomic E-state index is 12.6. The first kappa shape index (κ1) is 20.1. The van der Waals surface area contributed by atoms with Gasteiger partial charge in [-0.3, -0.25) is 4.79 Å². The molecule has 0 spiro atoms. The SMILES string of the molecule is COC(=O)c1csc(S(=O)(=O)NC(CCC(=O)O)Cc2ccccc2)c1. The summed E-state index contributed by atoms with van der Waals surface area (Å²) in [5, 5.41) is 10.3. The molecule has 7 nitrogen and oxygen atoms in total. The third kappa shape index (κ3) is 5.65. The number of carbonyl (C=O) groups is 2. The number of nitrogens with one attached hydrogen (secondary N) is 1. The zero-order valence-electron chi connectivity index (χ0n) is 14.0. The van der Waals surface area contributed by atoms with Crippen LogP contribution in [0.5, 0.6) is 0 Å². The number of methoxy groups -OCH3 is 1. The van der Waals surface area contributed by atoms with Crippen molar-refractivity contribution >= 4 is 33.3 Å². The van der Waals surface area contributed by atoms with E-state index in [9.17, 15) is 18.0 Å². The Hall–Kier alpha value is -2.23. The molecular formula is C17H19NO6S2. The van der Waals surface area contributed by atoms with E-state index in [1.54, 1.807) is 0 Å². The number of ether oxygens (including phenoxy) is 1. The molecule has 0 amide bonds. The molecule has 0 aliphatic carbocycles. The monoisotopic (exact) mass is 397 g/mol. The molecule has 0 saturated heterocycles. The fourth-order valence-corrected chi connectivity index (χ4v) is 4.79. The van der Waals surface area contributed by atoms with E-state index < -0.39 is 28.0 Å². The molecule has 0 aliphatic rings. The number of rotatable bonds is 9. The average Bonchev–Trinajstić information content (AvgIpc) is 3.11. The zero-order valence-corrected chi connectivity index (χ0v) is 15.7. The van der Waals surface area contributed by atoms with Gasteiger partial charge in [0.15, 0.2) is 0 Å². The van der Waals surface area contributed by atoms with E-state index in [1.807, 2.05) is 30.3 Å². The molecule has 0 bridgehead atoms. The van der Waals surface area contributed by atoms with Crippen molar-refractivity contribution in [1.82, 2.24) is 4.72 Å². The van der Waals surface area contributed by atoms with Gasteiger partial charge in [-0.25, -0.2) is 17.9 Å². The number of hydrogen-bond donors (Lipinski definition) is 2. The topological polar surface area (TPSA) is 110 Å². The van der Waals surface area contributed by atoms with Crippen LogP contribution in [0.15, 0.2) is 46.0 Å². The first-order valence-electron chi connectivity index (χ1n) is 7.76. The quantitative estimate of drug-likeness (QED) is 0.628. The highest BCUT2D eigenvalue weighted by molar-refractivity contribution is 7.91. The highest BCUT2D eigenvalue weighted by Gasteiger charge is 2.24. The molecule has 0 radical (unpaired) electrons. The van der Waals surface area contributed by atoms with Crippen LogP contribution in [-0.2, 0) is 26.0 Å². The number of benzene rings is 1. The fraction of sp³-hybridized carbons (Fsp3) is 0.294. The summed E-state index contributed by atoms with van der Waals surface area (Å²) < 4.78 is 32.3. The average molecular weight is 397 g/mol. The molecule has 26 heavy (non-hydrogen) atoms. The van der Waals surface area contributed by atoms with E-state index in [0.29, 0.717) is 6.42 Å². The van der Waals surface area contributed by atoms with Crippen molar-refractivity contribution < 1.29 is 27.9 Å². The normalized spacial score (nSPS) is 12.5. The third-order valence-corrected chi connectivity index (χ3v) is 6.57. The van der Waals surface area contributed by atoms with Crippen molar-refractivity contribution in [2.24, 2.45) is 0 Å². The summed E-state index contributed by atoms with van der Waals surface area (Å²) in [7, 11) is -2.66. The summed E-state index contributed by atoms with van der Waals surface area (Å²) in [5.41, 5.74) is 1.05. The van der Waals surface area contributed by atoms with E-state index in [-0.39, 0.29) is 22.6 Å². The van der Waals surface area contributed by atoms with Gasteiger partial charge in [0.05, 0.1) is 12.7 Å². The number of aliphatic carboxylic acids is 1. The summed E-state index contributed by atoms with van der Waals surface area (Å²) in [6.45, 7) is 0. The predicted molar refractivity (Wildman–Crippen MR) is 96.8 cm³/mol. The van der Waals surface area contributed by atoms with Crippen LogP contribution in [0.3, 0.4) is 0 Å². The molecule has 140 valence electrons. The zero-order chi connectivity index (χ0) is 19.2. The van der Waals surface area contributed by atoms with Gasteiger partial charge in [0.25, 0.3) is 0 Å². The second kappa shape index (κ2) is 8.93. The summed E-state index contributed by atoms with van der Waals surface area (Å²) in [4.78, 5) is 22.4. The number of sulfonamides is 1. The first-order valence-corrected chi connectivity index (χ1v) is 10.1. The minimum atomic E-state index is -3.88. The Balaban J connectivity index is 2.17. The number of thiophene rings is 1. The minimum absolute atomic E-state index is 0.0220. The van der Waals surface area contributed by atoms with Gasteiger partial charge in [-0.1, -0.05) is 30.3 Å². The van der Waals surface area contributed by atoms with Crippen molar-refractivity contribution in [2.45, 2.75) is 29.5 Å². The lowest BCUT2D eigenvalue weighted by molar-refractivity contribution is -0.137. The number of esters is 1. The Morgan fingerprint density at radius 1 is 1.27 bits per heavy atom. The van der Waals surface area contributed by atoms with Crippen LogP contribution in [0.1, 0.15) is 28.8 Å². The summed E-state index contributed by atoms with van der Waals surface area (Å²) in [5.74, 6) is -1.61. The van der Waals surface area contributed by atoms with Gasteiger partial charge in [0.1, 0.15) is 4.21 Å². The molecule has 0 aliphatic heterocycles. The molecule has 1 heterocycles. The van der Waals surface area contributed by atoms with Crippen molar-refractivity contribution in [3.8, 4) is 0 Å². The molecule has 1 unspecified atom stereocenters. The van der Waals surface area contributed by atoms with E-state index in [2.05, 4.69) is 9.46 Å². The second-order valence-corrected chi connectivity index (χ2v) is 8.44. The first-order chi connectivity index (χ1) is 12.3. The van der Waals surface area contributed by atoms with Crippen LogP contribution in [0, 0.1) is 0 Å². The van der Waals surface area contributed by atoms with Crippen molar-refractivity contribution in [3.63, 3.8) is 0 Å². The smallest absolute Gasteiger partial charge is 0.338 e. The van der Waals surface area contributed by atoms with Gasteiger partial charge in [0, 0.05) is 17.8 Å². The lowest BCUT2D eigenvalue weighted by atomic mass is 10.0. The number of hydrogen-bond acceptors (Lipinski definition) is 6. The van der Waals surface area contributed by atoms with Crippen molar-refractivity contribution in [1.29, 1.82) is 0 Å². The van der Waals surface area contributed by atoms with Crippen molar-refractivity contribution in [3.05, 3.63) is 52.9 Å². The fourth-order valence-electron chi connectivity index (χ4n) is 2.36. The maximum absolute atomic E-state index is 12.6. The molecule has 0 fully saturated rings. The van der Waals surface area contributed by atoms with Crippen LogP contribution in [0.2, 0.25) is 0 Å². The van der Waals surface area contributed by atoms with Gasteiger partial charge in [-0.2, -0.15) is 0 Å². The van der Waals surface area contributed by atoms with Gasteiger partial charge in [-0.15, -0.1) is 11.3 Å². The van der Waals surface area contributed by atoms with E-state index in [4.69, 9.17) is 5.11 Å². The number of carboxylic acid groups (broad SMARTS) is 1.